The van der Waals surface area contributed by atoms with Gasteiger partial charge in [-0.05, 0) is 24.6 Å². The van der Waals surface area contributed by atoms with Gasteiger partial charge in [-0.3, -0.25) is 14.7 Å². The van der Waals surface area contributed by atoms with Gasteiger partial charge in [-0.25, -0.2) is 0 Å². The number of nitrogens with zero attached hydrogens (tertiary/aromatic N) is 2. The van der Waals surface area contributed by atoms with Crippen molar-refractivity contribution in [3.8, 4) is 0 Å². The molecule has 0 aliphatic carbocycles. The molecule has 2 heterocycles. The lowest BCUT2D eigenvalue weighted by Gasteiger charge is -2.38. The van der Waals surface area contributed by atoms with Gasteiger partial charge in [-0.1, -0.05) is 30.3 Å². The summed E-state index contributed by atoms with van der Waals surface area (Å²) in [6, 6.07) is 13.9. The predicted molar refractivity (Wildman–Crippen MR) is 89.0 cm³/mol. The second-order valence-electron chi connectivity index (χ2n) is 5.78. The Morgan fingerprint density at radius 1 is 1.26 bits per heavy atom. The van der Waals surface area contributed by atoms with Crippen molar-refractivity contribution in [2.24, 2.45) is 0 Å². The average molecular weight is 311 g/mol. The highest BCUT2D eigenvalue weighted by atomic mass is 16.5. The molecule has 0 unspecified atom stereocenters. The predicted octanol–water partition coefficient (Wildman–Crippen LogP) is 2.48. The average Bonchev–Trinajstić information content (AvgIpc) is 2.56. The van der Waals surface area contributed by atoms with Crippen molar-refractivity contribution in [1.82, 2.24) is 9.88 Å². The Morgan fingerprint density at radius 2 is 2.00 bits per heavy atom. The highest BCUT2D eigenvalue weighted by Crippen LogP contribution is 2.25. The summed E-state index contributed by atoms with van der Waals surface area (Å²) in [5.41, 5.74) is 1.94. The lowest BCUT2D eigenvalue weighted by atomic mass is 10.0. The molecule has 0 radical (unpaired) electrons. The van der Waals surface area contributed by atoms with Crippen LogP contribution in [0.15, 0.2) is 54.9 Å². The highest BCUT2D eigenvalue weighted by Gasteiger charge is 2.29. The first kappa shape index (κ1) is 15.6. The zero-order valence-corrected chi connectivity index (χ0v) is 13.2. The maximum absolute atomic E-state index is 12.4. The molecular formula is C18H21N3O2. The fourth-order valence-corrected chi connectivity index (χ4v) is 2.85. The fourth-order valence-electron chi connectivity index (χ4n) is 2.85. The first-order chi connectivity index (χ1) is 11.2. The molecule has 0 spiro atoms. The number of anilines is 1. The molecule has 5 nitrogen and oxygen atoms in total. The van der Waals surface area contributed by atoms with Crippen molar-refractivity contribution in [2.45, 2.75) is 19.1 Å². The number of benzene rings is 1. The lowest BCUT2D eigenvalue weighted by molar-refractivity contribution is -0.121. The summed E-state index contributed by atoms with van der Waals surface area (Å²) >= 11 is 0. The summed E-state index contributed by atoms with van der Waals surface area (Å²) in [6.45, 7) is 3.72. The van der Waals surface area contributed by atoms with Crippen LogP contribution in [0, 0.1) is 0 Å². The Kier molecular flexibility index (Phi) is 5.00. The van der Waals surface area contributed by atoms with E-state index in [0.29, 0.717) is 13.2 Å². The molecule has 5 heteroatoms. The Morgan fingerprint density at radius 3 is 2.74 bits per heavy atom. The van der Waals surface area contributed by atoms with E-state index in [1.165, 1.54) is 5.56 Å². The standard InChI is InChI=1S/C18H21N3O2/c1-14-11-21(12-18(22)20-16-7-9-19-10-8-16)17(13-23-14)15-5-3-2-4-6-15/h2-10,14,17H,11-13H2,1H3,(H,19,20,22)/t14-,17-/m0/s1. The van der Waals surface area contributed by atoms with Crippen LogP contribution < -0.4 is 5.32 Å². The second kappa shape index (κ2) is 7.35. The minimum Gasteiger partial charge on any atom is -0.375 e. The molecular weight excluding hydrogens is 290 g/mol. The van der Waals surface area contributed by atoms with Crippen molar-refractivity contribution < 1.29 is 9.53 Å². The largest absolute Gasteiger partial charge is 0.375 e. The Balaban J connectivity index is 1.68. The monoisotopic (exact) mass is 311 g/mol. The van der Waals surface area contributed by atoms with Gasteiger partial charge in [0.25, 0.3) is 0 Å². The van der Waals surface area contributed by atoms with Gasteiger partial charge in [0.15, 0.2) is 0 Å². The SMILES string of the molecule is C[C@H]1CN(CC(=O)Nc2ccncc2)[C@H](c2ccccc2)CO1. The summed E-state index contributed by atoms with van der Waals surface area (Å²) in [4.78, 5) is 18.5. The number of ether oxygens (including phenoxy) is 1. The van der Waals surface area contributed by atoms with E-state index in [1.807, 2.05) is 25.1 Å². The summed E-state index contributed by atoms with van der Waals surface area (Å²) in [6.07, 6.45) is 3.46. The fraction of sp³-hybridized carbons (Fsp3) is 0.333. The number of morpholine rings is 1. The van der Waals surface area contributed by atoms with Crippen molar-refractivity contribution >= 4 is 11.6 Å². The summed E-state index contributed by atoms with van der Waals surface area (Å²) < 4.78 is 5.79. The molecule has 1 N–H and O–H groups in total. The Bertz CT molecular complexity index is 633. The van der Waals surface area contributed by atoms with Crippen LogP contribution in [0.25, 0.3) is 0 Å². The number of carbonyl (C=O) groups excluding carboxylic acids is 1. The number of pyridine rings is 1. The molecule has 1 aliphatic heterocycles. The maximum atomic E-state index is 12.4. The van der Waals surface area contributed by atoms with E-state index in [-0.39, 0.29) is 18.1 Å². The third kappa shape index (κ3) is 4.15. The number of hydrogen-bond donors (Lipinski definition) is 1. The van der Waals surface area contributed by atoms with Crippen LogP contribution >= 0.6 is 0 Å². The minimum absolute atomic E-state index is 0.0220. The number of aromatic nitrogens is 1. The Labute approximate surface area is 136 Å². The van der Waals surface area contributed by atoms with Gasteiger partial charge in [-0.15, -0.1) is 0 Å². The minimum atomic E-state index is -0.0220. The molecule has 2 atom stereocenters. The van der Waals surface area contributed by atoms with Crippen molar-refractivity contribution in [2.75, 3.05) is 25.0 Å². The smallest absolute Gasteiger partial charge is 0.238 e. The molecule has 1 aliphatic rings. The number of nitrogens with one attached hydrogen (secondary N) is 1. The molecule has 0 saturated carbocycles. The van der Waals surface area contributed by atoms with Crippen LogP contribution in [0.3, 0.4) is 0 Å². The molecule has 23 heavy (non-hydrogen) atoms. The molecule has 1 amide bonds. The van der Waals surface area contributed by atoms with E-state index >= 15 is 0 Å². The van der Waals surface area contributed by atoms with Crippen molar-refractivity contribution in [3.05, 3.63) is 60.4 Å². The van der Waals surface area contributed by atoms with Gasteiger partial charge in [0, 0.05) is 24.6 Å². The molecule has 1 aromatic carbocycles. The van der Waals surface area contributed by atoms with Gasteiger partial charge in [0.1, 0.15) is 0 Å². The molecule has 1 saturated heterocycles. The van der Waals surface area contributed by atoms with Gasteiger partial charge < -0.3 is 10.1 Å². The summed E-state index contributed by atoms with van der Waals surface area (Å²) in [5.74, 6) is -0.0220. The van der Waals surface area contributed by atoms with Crippen LogP contribution in [0.2, 0.25) is 0 Å². The second-order valence-corrected chi connectivity index (χ2v) is 5.78. The first-order valence-corrected chi connectivity index (χ1v) is 7.83. The van der Waals surface area contributed by atoms with Gasteiger partial charge in [0.2, 0.25) is 5.91 Å². The van der Waals surface area contributed by atoms with E-state index < -0.39 is 0 Å². The van der Waals surface area contributed by atoms with Crippen LogP contribution in [0.4, 0.5) is 5.69 Å². The topological polar surface area (TPSA) is 54.5 Å². The molecule has 3 rings (SSSR count). The molecule has 120 valence electrons. The Hall–Kier alpha value is -2.24. The van der Waals surface area contributed by atoms with E-state index in [0.717, 1.165) is 12.2 Å². The van der Waals surface area contributed by atoms with Crippen LogP contribution in [-0.4, -0.2) is 41.6 Å². The number of carbonyl (C=O) groups is 1. The summed E-state index contributed by atoms with van der Waals surface area (Å²) in [7, 11) is 0. The zero-order valence-electron chi connectivity index (χ0n) is 13.2. The molecule has 2 aromatic rings. The zero-order chi connectivity index (χ0) is 16.1. The van der Waals surface area contributed by atoms with Crippen LogP contribution in [0.1, 0.15) is 18.5 Å². The van der Waals surface area contributed by atoms with Gasteiger partial charge >= 0.3 is 0 Å². The van der Waals surface area contributed by atoms with E-state index in [9.17, 15) is 4.79 Å². The van der Waals surface area contributed by atoms with E-state index in [4.69, 9.17) is 4.74 Å². The summed E-state index contributed by atoms with van der Waals surface area (Å²) in [5, 5.41) is 2.91. The maximum Gasteiger partial charge on any atom is 0.238 e. The normalized spacial score (nSPS) is 21.8. The third-order valence-electron chi connectivity index (χ3n) is 3.97. The van der Waals surface area contributed by atoms with Crippen LogP contribution in [-0.2, 0) is 9.53 Å². The number of hydrogen-bond acceptors (Lipinski definition) is 4. The van der Waals surface area contributed by atoms with Crippen LogP contribution in [0.5, 0.6) is 0 Å². The van der Waals surface area contributed by atoms with Crippen molar-refractivity contribution in [3.63, 3.8) is 0 Å². The molecule has 0 bridgehead atoms. The number of rotatable bonds is 4. The third-order valence-corrected chi connectivity index (χ3v) is 3.97. The molecule has 1 aromatic heterocycles. The van der Waals surface area contributed by atoms with E-state index in [1.54, 1.807) is 24.5 Å². The first-order valence-electron chi connectivity index (χ1n) is 7.83. The highest BCUT2D eigenvalue weighted by molar-refractivity contribution is 5.92. The lowest BCUT2D eigenvalue weighted by Crippen LogP contribution is -2.46. The van der Waals surface area contributed by atoms with Crippen molar-refractivity contribution in [1.29, 1.82) is 0 Å². The van der Waals surface area contributed by atoms with Gasteiger partial charge in [0.05, 0.1) is 25.3 Å². The van der Waals surface area contributed by atoms with Gasteiger partial charge in [-0.2, -0.15) is 0 Å². The van der Waals surface area contributed by atoms with E-state index in [2.05, 4.69) is 27.3 Å². The number of amides is 1. The molecule has 1 fully saturated rings. The quantitative estimate of drug-likeness (QED) is 0.942.